The van der Waals surface area contributed by atoms with Gasteiger partial charge < -0.3 is 19.2 Å². The fourth-order valence-electron chi connectivity index (χ4n) is 6.28. The minimum Gasteiger partial charge on any atom is -0.481 e. The van der Waals surface area contributed by atoms with Gasteiger partial charge in [-0.25, -0.2) is 4.58 Å². The monoisotopic (exact) mass is 665 g/mol. The third kappa shape index (κ3) is 8.41. The molecule has 1 aliphatic carbocycles. The molecule has 0 saturated carbocycles. The molecule has 47 heavy (non-hydrogen) atoms. The van der Waals surface area contributed by atoms with Crippen molar-refractivity contribution in [3.8, 4) is 11.3 Å². The number of hydrogen-bond acceptors (Lipinski definition) is 6. The van der Waals surface area contributed by atoms with Crippen LogP contribution in [0.15, 0.2) is 69.6 Å². The molecule has 0 unspecified atom stereocenters. The Morgan fingerprint density at radius 3 is 2.47 bits per heavy atom. The highest BCUT2D eigenvalue weighted by molar-refractivity contribution is 7.85. The second-order valence-electron chi connectivity index (χ2n) is 13.6. The average molecular weight is 666 g/mol. The number of anilines is 1. The van der Waals surface area contributed by atoms with E-state index in [9.17, 15) is 17.8 Å². The van der Waals surface area contributed by atoms with Gasteiger partial charge in [0.2, 0.25) is 5.36 Å². The predicted molar refractivity (Wildman–Crippen MR) is 186 cm³/mol. The van der Waals surface area contributed by atoms with E-state index in [1.54, 1.807) is 19.2 Å². The van der Waals surface area contributed by atoms with Gasteiger partial charge in [0.05, 0.1) is 11.0 Å². The van der Waals surface area contributed by atoms with Crippen molar-refractivity contribution in [2.45, 2.75) is 83.0 Å². The third-order valence-corrected chi connectivity index (χ3v) is 9.69. The molecule has 0 aromatic heterocycles. The van der Waals surface area contributed by atoms with Crippen molar-refractivity contribution in [1.29, 1.82) is 0 Å². The number of nitrogens with zero attached hydrogens (tertiary/aromatic N) is 2. The highest BCUT2D eigenvalue weighted by atomic mass is 32.2. The molecule has 0 radical (unpaired) electrons. The standard InChI is InChI=1S/C37H48N2O7S/c1-8-38(21-22-45-7)26-16-18-29-30(36(2,3)4)24-27(46-33(29)23-26)13-12-14-34-37(5,6)31-25-28(47(42,43)44)17-19-32(31)39(34)20-11-9-10-15-35(40)41/h12-14,16-19,23-25H,8-11,15,20-22H2,1-7H3,(H-,40,41,42,43,44)/p+1. The number of likely N-dealkylation sites (N-methyl/N-ethyl adjacent to an activating group) is 1. The summed E-state index contributed by atoms with van der Waals surface area (Å²) in [6, 6.07) is 13.2. The van der Waals surface area contributed by atoms with E-state index in [0.717, 1.165) is 59.6 Å². The van der Waals surface area contributed by atoms with Gasteiger partial charge in [0.15, 0.2) is 6.54 Å². The Morgan fingerprint density at radius 1 is 1.09 bits per heavy atom. The lowest BCUT2D eigenvalue weighted by Gasteiger charge is -2.27. The van der Waals surface area contributed by atoms with Crippen LogP contribution in [0.3, 0.4) is 0 Å². The fourth-order valence-corrected chi connectivity index (χ4v) is 6.78. The highest BCUT2D eigenvalue weighted by Crippen LogP contribution is 2.48. The molecular weight excluding hydrogens is 616 g/mol. The fraction of sp³-hybridized carbons (Fsp3) is 0.459. The number of carboxylic acid groups (broad SMARTS) is 1. The molecule has 0 amide bonds. The van der Waals surface area contributed by atoms with Crippen LogP contribution in [0.4, 0.5) is 5.69 Å². The molecule has 0 saturated heterocycles. The Bertz CT molecular complexity index is 1810. The number of rotatable bonds is 13. The summed E-state index contributed by atoms with van der Waals surface area (Å²) < 4.78 is 47.8. The van der Waals surface area contributed by atoms with Gasteiger partial charge in [0, 0.05) is 48.5 Å². The number of allylic oxidation sites excluding steroid dienone is 3. The molecule has 0 atom stereocenters. The number of methoxy groups -OCH3 is 1. The summed E-state index contributed by atoms with van der Waals surface area (Å²) >= 11 is 0. The maximum absolute atomic E-state index is 12.0. The first kappa shape index (κ1) is 36.1. The Morgan fingerprint density at radius 2 is 1.83 bits per heavy atom. The van der Waals surface area contributed by atoms with Gasteiger partial charge in [-0.05, 0) is 78.8 Å². The Kier molecular flexibility index (Phi) is 11.2. The summed E-state index contributed by atoms with van der Waals surface area (Å²) in [6.45, 7) is 15.6. The summed E-state index contributed by atoms with van der Waals surface area (Å²) in [5.74, 6) is 0.700. The first-order valence-corrected chi connectivity index (χ1v) is 17.7. The van der Waals surface area contributed by atoms with Crippen LogP contribution in [0.2, 0.25) is 0 Å². The molecule has 2 aliphatic heterocycles. The SMILES string of the molecule is CC[N+](CCOC)=c1ccc2c(C(C)(C)C)cc(C=CC=C3N(CCCCCC(=O)O)c4ccc(S(=O)(=O)O)cc4C3(C)C)oc-2c1. The molecule has 3 aliphatic rings. The van der Waals surface area contributed by atoms with Gasteiger partial charge in [-0.1, -0.05) is 47.1 Å². The summed E-state index contributed by atoms with van der Waals surface area (Å²) in [5.41, 5.74) is 4.17. The van der Waals surface area contributed by atoms with Crippen molar-refractivity contribution in [2.24, 2.45) is 0 Å². The molecule has 254 valence electrons. The Balaban J connectivity index is 1.77. The van der Waals surface area contributed by atoms with Crippen LogP contribution in [0.25, 0.3) is 17.4 Å². The number of aliphatic carboxylic acids is 1. The lowest BCUT2D eigenvalue weighted by atomic mass is 9.82. The minimum absolute atomic E-state index is 0.127. The quantitative estimate of drug-likeness (QED) is 0.118. The van der Waals surface area contributed by atoms with E-state index in [-0.39, 0.29) is 16.7 Å². The van der Waals surface area contributed by atoms with Gasteiger partial charge >= 0.3 is 5.97 Å². The number of hydrogen-bond donors (Lipinski definition) is 2. The van der Waals surface area contributed by atoms with Crippen LogP contribution in [0, 0.1) is 0 Å². The van der Waals surface area contributed by atoms with Crippen molar-refractivity contribution >= 4 is 27.9 Å². The molecule has 1 aromatic carbocycles. The maximum Gasteiger partial charge on any atom is 0.303 e. The van der Waals surface area contributed by atoms with Crippen molar-refractivity contribution in [3.63, 3.8) is 0 Å². The van der Waals surface area contributed by atoms with Crippen molar-refractivity contribution in [3.05, 3.63) is 82.6 Å². The number of unbranched alkanes of at least 4 members (excludes halogenated alkanes) is 2. The molecule has 2 N–H and O–H groups in total. The molecule has 1 aromatic rings. The van der Waals surface area contributed by atoms with Crippen LogP contribution < -0.4 is 14.8 Å². The lowest BCUT2D eigenvalue weighted by molar-refractivity contribution is -0.137. The molecule has 10 heteroatoms. The summed E-state index contributed by atoms with van der Waals surface area (Å²) in [4.78, 5) is 13.0. The first-order chi connectivity index (χ1) is 22.1. The molecular formula is C37H49N2O7S+. The van der Waals surface area contributed by atoms with Gasteiger partial charge in [0.25, 0.3) is 10.1 Å². The normalized spacial score (nSPS) is 16.3. The van der Waals surface area contributed by atoms with Crippen LogP contribution in [0.5, 0.6) is 0 Å². The van der Waals surface area contributed by atoms with E-state index in [0.29, 0.717) is 25.3 Å². The number of fused-ring (bicyclic) bond motifs is 2. The number of ether oxygens (including phenoxy) is 1. The third-order valence-electron chi connectivity index (χ3n) is 8.84. The second kappa shape index (κ2) is 14.6. The van der Waals surface area contributed by atoms with Crippen LogP contribution in [-0.2, 0) is 30.5 Å². The van der Waals surface area contributed by atoms with E-state index >= 15 is 0 Å². The van der Waals surface area contributed by atoms with E-state index in [2.05, 4.69) is 61.4 Å². The minimum atomic E-state index is -4.37. The molecule has 2 heterocycles. The van der Waals surface area contributed by atoms with Crippen LogP contribution >= 0.6 is 0 Å². The number of benzene rings is 2. The zero-order valence-corrected chi connectivity index (χ0v) is 29.5. The van der Waals surface area contributed by atoms with Gasteiger partial charge in [-0.15, -0.1) is 0 Å². The first-order valence-electron chi connectivity index (χ1n) is 16.2. The zero-order chi connectivity index (χ0) is 34.6. The van der Waals surface area contributed by atoms with Crippen molar-refractivity contribution in [1.82, 2.24) is 4.58 Å². The predicted octanol–water partition coefficient (Wildman–Crippen LogP) is 6.71. The lowest BCUT2D eigenvalue weighted by Crippen LogP contribution is -2.32. The van der Waals surface area contributed by atoms with Gasteiger partial charge in [-0.2, -0.15) is 8.42 Å². The molecule has 0 spiro atoms. The number of carboxylic acids is 1. The van der Waals surface area contributed by atoms with Crippen molar-refractivity contribution in [2.75, 3.05) is 38.3 Å². The zero-order valence-electron chi connectivity index (χ0n) is 28.7. The smallest absolute Gasteiger partial charge is 0.303 e. The van der Waals surface area contributed by atoms with E-state index in [1.807, 2.05) is 32.1 Å². The largest absolute Gasteiger partial charge is 0.481 e. The highest BCUT2D eigenvalue weighted by Gasteiger charge is 2.40. The van der Waals surface area contributed by atoms with Gasteiger partial charge in [0.1, 0.15) is 24.7 Å². The summed E-state index contributed by atoms with van der Waals surface area (Å²) in [7, 11) is -2.67. The molecule has 0 fully saturated rings. The van der Waals surface area contributed by atoms with Crippen molar-refractivity contribution < 1.29 is 32.0 Å². The summed E-state index contributed by atoms with van der Waals surface area (Å²) in [6.07, 6.45) is 8.17. The number of carbonyl (C=O) groups is 1. The van der Waals surface area contributed by atoms with Crippen LogP contribution in [-0.4, -0.2) is 57.4 Å². The molecule has 9 nitrogen and oxygen atoms in total. The average Bonchev–Trinajstić information content (AvgIpc) is 3.20. The van der Waals surface area contributed by atoms with Crippen LogP contribution in [0.1, 0.15) is 84.1 Å². The van der Waals surface area contributed by atoms with E-state index in [4.69, 9.17) is 14.3 Å². The molecule has 4 rings (SSSR count). The Labute approximate surface area is 279 Å². The van der Waals surface area contributed by atoms with Gasteiger partial charge in [-0.3, -0.25) is 9.35 Å². The summed E-state index contributed by atoms with van der Waals surface area (Å²) in [5, 5.41) is 10.1. The second-order valence-corrected chi connectivity index (χ2v) is 15.0. The molecule has 0 bridgehead atoms. The maximum atomic E-state index is 12.0. The van der Waals surface area contributed by atoms with E-state index < -0.39 is 21.5 Å². The van der Waals surface area contributed by atoms with E-state index in [1.165, 1.54) is 11.6 Å². The topological polar surface area (TPSA) is 120 Å². The Hall–Kier alpha value is -3.73.